The fourth-order valence-electron chi connectivity index (χ4n) is 4.13. The lowest BCUT2D eigenvalue weighted by molar-refractivity contribution is -0.146. The molecule has 1 aromatic heterocycles. The molecule has 4 N–H and O–H groups in total. The molecular weight excluding hydrogens is 548 g/mol. The summed E-state index contributed by atoms with van der Waals surface area (Å²) in [6.45, 7) is 4.68. The highest BCUT2D eigenvalue weighted by atomic mass is 19.2. The van der Waals surface area contributed by atoms with Gasteiger partial charge >= 0.3 is 12.1 Å². The molecule has 0 aliphatic heterocycles. The number of nitrogens with two attached hydrogens (primary N) is 1. The van der Waals surface area contributed by atoms with Gasteiger partial charge in [0.15, 0.2) is 11.6 Å². The zero-order valence-corrected chi connectivity index (χ0v) is 23.9. The minimum atomic E-state index is -1.02. The van der Waals surface area contributed by atoms with Crippen LogP contribution in [0.15, 0.2) is 54.7 Å². The van der Waals surface area contributed by atoms with Gasteiger partial charge in [0.25, 0.3) is 0 Å². The number of unbranched alkanes of at least 4 members (excludes halogenated alkanes) is 1. The van der Waals surface area contributed by atoms with Gasteiger partial charge in [-0.1, -0.05) is 50.2 Å². The third kappa shape index (κ3) is 9.45. The molecule has 3 aromatic rings. The normalized spacial score (nSPS) is 12.5. The molecule has 0 aliphatic rings. The Morgan fingerprint density at radius 1 is 1.02 bits per heavy atom. The number of carbonyl (C=O) groups excluding carboxylic acids is 3. The number of anilines is 1. The van der Waals surface area contributed by atoms with Crippen LogP contribution in [0.25, 0.3) is 10.8 Å². The number of fused-ring (bicyclic) bond motifs is 1. The molecule has 1 heterocycles. The number of rotatable bonds is 14. The number of hydrogen-bond acceptors (Lipinski definition) is 8. The molecule has 0 spiro atoms. The number of benzene rings is 2. The van der Waals surface area contributed by atoms with Crippen LogP contribution in [0.4, 0.5) is 19.4 Å². The van der Waals surface area contributed by atoms with Crippen LogP contribution < -0.4 is 16.5 Å². The van der Waals surface area contributed by atoms with E-state index < -0.39 is 41.7 Å². The molecule has 0 fully saturated rings. The Hall–Kier alpha value is -4.16. The van der Waals surface area contributed by atoms with Crippen molar-refractivity contribution < 1.29 is 32.6 Å². The molecule has 2 atom stereocenters. The summed E-state index contributed by atoms with van der Waals surface area (Å²) < 4.78 is 38.6. The third-order valence-corrected chi connectivity index (χ3v) is 6.61. The van der Waals surface area contributed by atoms with Crippen molar-refractivity contribution in [2.24, 2.45) is 11.7 Å². The summed E-state index contributed by atoms with van der Waals surface area (Å²) in [6.07, 6.45) is 2.14. The van der Waals surface area contributed by atoms with Gasteiger partial charge < -0.3 is 15.2 Å². The lowest BCUT2D eigenvalue weighted by Gasteiger charge is -2.31. The smallest absolute Gasteiger partial charge is 0.412 e. The first kappa shape index (κ1) is 32.4. The number of hydrogen-bond donors (Lipinski definition) is 3. The number of nitrogens with one attached hydrogen (secondary N) is 2. The van der Waals surface area contributed by atoms with E-state index in [1.807, 2.05) is 38.1 Å². The van der Waals surface area contributed by atoms with E-state index in [0.717, 1.165) is 16.8 Å². The number of pyridine rings is 1. The average molecular weight is 586 g/mol. The Labute approximate surface area is 243 Å². The van der Waals surface area contributed by atoms with E-state index in [4.69, 9.17) is 15.2 Å². The van der Waals surface area contributed by atoms with Crippen LogP contribution in [0.3, 0.4) is 0 Å². The van der Waals surface area contributed by atoms with Crippen molar-refractivity contribution in [1.29, 1.82) is 0 Å². The number of amides is 2. The Kier molecular flexibility index (Phi) is 12.1. The van der Waals surface area contributed by atoms with Crippen LogP contribution >= 0.6 is 0 Å². The van der Waals surface area contributed by atoms with Gasteiger partial charge in [-0.05, 0) is 42.7 Å². The number of ether oxygens (including phenoxy) is 2. The summed E-state index contributed by atoms with van der Waals surface area (Å²) in [5.41, 5.74) is 8.67. The maximum Gasteiger partial charge on any atom is 0.412 e. The number of halogens is 2. The third-order valence-electron chi connectivity index (χ3n) is 6.61. The van der Waals surface area contributed by atoms with Crippen molar-refractivity contribution in [1.82, 2.24) is 15.4 Å². The number of hydrazine groups is 1. The minimum absolute atomic E-state index is 0.0226. The second-order valence-electron chi connectivity index (χ2n) is 10.2. The van der Waals surface area contributed by atoms with Crippen molar-refractivity contribution in [3.8, 4) is 0 Å². The second kappa shape index (κ2) is 15.7. The van der Waals surface area contributed by atoms with Gasteiger partial charge in [-0.3, -0.25) is 19.9 Å². The maximum atomic E-state index is 14.2. The summed E-state index contributed by atoms with van der Waals surface area (Å²) in [4.78, 5) is 41.4. The molecule has 12 heteroatoms. The van der Waals surface area contributed by atoms with Crippen molar-refractivity contribution in [2.75, 3.05) is 18.5 Å². The van der Waals surface area contributed by atoms with E-state index in [2.05, 4.69) is 15.7 Å². The van der Waals surface area contributed by atoms with Gasteiger partial charge in [0.05, 0.1) is 12.6 Å². The van der Waals surface area contributed by atoms with E-state index in [-0.39, 0.29) is 31.2 Å². The predicted molar refractivity (Wildman–Crippen MR) is 154 cm³/mol. The molecule has 42 heavy (non-hydrogen) atoms. The van der Waals surface area contributed by atoms with Crippen LogP contribution in [0.2, 0.25) is 0 Å². The Morgan fingerprint density at radius 3 is 2.48 bits per heavy atom. The van der Waals surface area contributed by atoms with Crippen LogP contribution in [0, 0.1) is 17.6 Å². The molecule has 226 valence electrons. The Bertz CT molecular complexity index is 1370. The molecule has 0 aliphatic carbocycles. The van der Waals surface area contributed by atoms with Crippen molar-refractivity contribution in [2.45, 2.75) is 58.7 Å². The van der Waals surface area contributed by atoms with Gasteiger partial charge in [0.2, 0.25) is 5.91 Å². The van der Waals surface area contributed by atoms with Crippen molar-refractivity contribution in [3.05, 3.63) is 71.9 Å². The van der Waals surface area contributed by atoms with Crippen LogP contribution in [0.1, 0.15) is 45.6 Å². The number of esters is 1. The van der Waals surface area contributed by atoms with Gasteiger partial charge in [-0.25, -0.2) is 24.0 Å². The predicted octanol–water partition coefficient (Wildman–Crippen LogP) is 4.68. The molecule has 2 aromatic carbocycles. The van der Waals surface area contributed by atoms with E-state index in [9.17, 15) is 23.2 Å². The molecular formula is C30H37F2N5O5. The number of carbonyl (C=O) groups is 3. The van der Waals surface area contributed by atoms with Crippen LogP contribution in [-0.2, 0) is 25.6 Å². The van der Waals surface area contributed by atoms with Crippen molar-refractivity contribution in [3.63, 3.8) is 0 Å². The summed E-state index contributed by atoms with van der Waals surface area (Å²) in [7, 11) is 0. The SMILES string of the molecule is CC(=O)N(NCc1cccc(F)c1F)[C@@H](CCCCOC(=O)[C@@H](N)C(C)C)COC(=O)Nc1cc2ccccc2cn1. The number of aromatic nitrogens is 1. The quantitative estimate of drug-likeness (QED) is 0.141. The minimum Gasteiger partial charge on any atom is -0.465 e. The summed E-state index contributed by atoms with van der Waals surface area (Å²) >= 11 is 0. The molecule has 0 bridgehead atoms. The summed E-state index contributed by atoms with van der Waals surface area (Å²) in [6, 6.07) is 11.6. The first-order chi connectivity index (χ1) is 20.1. The topological polar surface area (TPSA) is 136 Å². The fourth-order valence-corrected chi connectivity index (χ4v) is 4.13. The van der Waals surface area contributed by atoms with Crippen LogP contribution in [-0.4, -0.2) is 53.3 Å². The zero-order valence-electron chi connectivity index (χ0n) is 23.9. The average Bonchev–Trinajstić information content (AvgIpc) is 2.96. The largest absolute Gasteiger partial charge is 0.465 e. The zero-order chi connectivity index (χ0) is 30.6. The second-order valence-corrected chi connectivity index (χ2v) is 10.2. The molecule has 10 nitrogen and oxygen atoms in total. The lowest BCUT2D eigenvalue weighted by Crippen LogP contribution is -2.50. The van der Waals surface area contributed by atoms with E-state index in [0.29, 0.717) is 25.1 Å². The summed E-state index contributed by atoms with van der Waals surface area (Å²) in [5, 5.41) is 5.60. The highest BCUT2D eigenvalue weighted by Gasteiger charge is 2.24. The summed E-state index contributed by atoms with van der Waals surface area (Å²) in [5.74, 6) is -2.72. The monoisotopic (exact) mass is 585 g/mol. The highest BCUT2D eigenvalue weighted by Crippen LogP contribution is 2.17. The molecule has 0 radical (unpaired) electrons. The first-order valence-electron chi connectivity index (χ1n) is 13.7. The van der Waals surface area contributed by atoms with Gasteiger partial charge in [0.1, 0.15) is 18.5 Å². The van der Waals surface area contributed by atoms with Gasteiger partial charge in [-0.2, -0.15) is 0 Å². The van der Waals surface area contributed by atoms with E-state index in [1.54, 1.807) is 12.3 Å². The van der Waals surface area contributed by atoms with E-state index in [1.165, 1.54) is 24.1 Å². The molecule has 3 rings (SSSR count). The number of nitrogens with zero attached hydrogens (tertiary/aromatic N) is 2. The molecule has 0 unspecified atom stereocenters. The van der Waals surface area contributed by atoms with Crippen molar-refractivity contribution >= 4 is 34.6 Å². The maximum absolute atomic E-state index is 14.2. The highest BCUT2D eigenvalue weighted by molar-refractivity contribution is 5.89. The van der Waals surface area contributed by atoms with Gasteiger partial charge in [-0.15, -0.1) is 0 Å². The lowest BCUT2D eigenvalue weighted by atomic mass is 10.1. The standard InChI is InChI=1S/C30H37F2N5O5/c1-19(2)28(33)29(39)41-14-7-6-12-24(37(20(3)38)35-17-23-11-8-13-25(31)27(23)32)18-42-30(40)36-26-15-21-9-4-5-10-22(21)16-34-26/h4-5,8-11,13,15-16,19,24,28,35H,6-7,12,14,17-18,33H2,1-3H3,(H,34,36,40)/t24-,28-/m0/s1. The van der Waals surface area contributed by atoms with Crippen LogP contribution in [0.5, 0.6) is 0 Å². The van der Waals surface area contributed by atoms with Gasteiger partial charge in [0, 0.05) is 30.6 Å². The molecule has 0 saturated carbocycles. The molecule has 0 saturated heterocycles. The molecule has 2 amide bonds. The fraction of sp³-hybridized carbons (Fsp3) is 0.400. The van der Waals surface area contributed by atoms with E-state index >= 15 is 0 Å². The first-order valence-corrected chi connectivity index (χ1v) is 13.7. The Balaban J connectivity index is 1.64. The Morgan fingerprint density at radius 2 is 1.76 bits per heavy atom.